The molecule has 0 fully saturated rings. The lowest BCUT2D eigenvalue weighted by molar-refractivity contribution is 0.112. The third-order valence-corrected chi connectivity index (χ3v) is 20.6. The van der Waals surface area contributed by atoms with Crippen molar-refractivity contribution in [3.05, 3.63) is 420 Å². The summed E-state index contributed by atoms with van der Waals surface area (Å²) in [5.41, 5.74) is 15.9. The predicted molar refractivity (Wildman–Crippen MR) is 470 cm³/mol. The van der Waals surface area contributed by atoms with Gasteiger partial charge in [0.1, 0.15) is 29.2 Å². The van der Waals surface area contributed by atoms with Crippen LogP contribution < -0.4 is 16.4 Å². The summed E-state index contributed by atoms with van der Waals surface area (Å²) in [6, 6.07) is 119. The van der Waals surface area contributed by atoms with Crippen LogP contribution in [0.2, 0.25) is 0 Å². The Morgan fingerprint density at radius 3 is 0.955 bits per heavy atom. The van der Waals surface area contributed by atoms with Gasteiger partial charge in [-0.25, -0.2) is 34.9 Å². The number of benzene rings is 15. The van der Waals surface area contributed by atoms with Crippen molar-refractivity contribution in [1.82, 2.24) is 25.6 Å². The largest absolute Gasteiger partial charge is 0.384 e. The number of rotatable bonds is 11. The van der Waals surface area contributed by atoms with Gasteiger partial charge in [-0.3, -0.25) is 10.2 Å². The minimum Gasteiger partial charge on any atom is -0.384 e. The summed E-state index contributed by atoms with van der Waals surface area (Å²) in [5.74, 6) is 5.38. The van der Waals surface area contributed by atoms with E-state index in [0.29, 0.717) is 17.5 Å². The Kier molecular flexibility index (Phi) is 25.4. The van der Waals surface area contributed by atoms with Gasteiger partial charge in [0, 0.05) is 68.0 Å². The van der Waals surface area contributed by atoms with Crippen molar-refractivity contribution in [2.24, 2.45) is 25.7 Å². The van der Waals surface area contributed by atoms with Gasteiger partial charge in [-0.1, -0.05) is 397 Å². The molecule has 16 aromatic rings. The summed E-state index contributed by atoms with van der Waals surface area (Å²) in [5, 5.41) is 23.0. The van der Waals surface area contributed by atoms with E-state index in [1.807, 2.05) is 218 Å². The Morgan fingerprint density at radius 1 is 0.309 bits per heavy atom. The average molecular weight is 1710 g/mol. The number of nitrogens with zero attached hydrogens (tertiary/aromatic N) is 7. The number of hydrogen-bond acceptors (Lipinski definition) is 11. The third-order valence-electron chi connectivity index (χ3n) is 17.9. The van der Waals surface area contributed by atoms with E-state index in [1.54, 1.807) is 0 Å². The minimum absolute atomic E-state index is 0. The summed E-state index contributed by atoms with van der Waals surface area (Å²) in [6.07, 6.45) is 0.286. The van der Waals surface area contributed by atoms with E-state index in [4.69, 9.17) is 46.1 Å². The van der Waals surface area contributed by atoms with E-state index >= 15 is 0 Å². The summed E-state index contributed by atoms with van der Waals surface area (Å²) in [7, 11) is 0. The van der Waals surface area contributed by atoms with Gasteiger partial charge < -0.3 is 16.4 Å². The molecule has 15 aromatic carbocycles. The molecule has 0 radical (unpaired) electrons. The maximum Gasteiger partial charge on any atom is 0.169 e. The van der Waals surface area contributed by atoms with E-state index in [2.05, 4.69) is 214 Å². The summed E-state index contributed by atoms with van der Waals surface area (Å²) in [4.78, 5) is 45.1. The summed E-state index contributed by atoms with van der Waals surface area (Å²) < 4.78 is 3.81. The first kappa shape index (κ1) is 76.2. The van der Waals surface area contributed by atoms with Crippen molar-refractivity contribution in [2.45, 2.75) is 12.3 Å². The molecule has 18 rings (SSSR count). The topological polar surface area (TPSA) is 179 Å². The zero-order chi connectivity index (χ0) is 74.8. The molecule has 1 aromatic heterocycles. The molecular weight excluding hydrogens is 1640 g/mol. The lowest BCUT2D eigenvalue weighted by Gasteiger charge is -2.23. The smallest absolute Gasteiger partial charge is 0.169 e. The molecule has 3 heterocycles. The highest BCUT2D eigenvalue weighted by atomic mass is 79.9. The second-order valence-electron chi connectivity index (χ2n) is 25.0. The number of hydrogen-bond donors (Lipinski definition) is 4. The molecule has 2 aliphatic rings. The normalized spacial score (nSPS) is 13.3. The van der Waals surface area contributed by atoms with Gasteiger partial charge in [0.2, 0.25) is 0 Å². The molecule has 0 saturated heterocycles. The fourth-order valence-corrected chi connectivity index (χ4v) is 14.6. The number of nitrogens with two attached hydrogens (primary N) is 1. The van der Waals surface area contributed by atoms with Crippen molar-refractivity contribution >= 4 is 155 Å². The average Bonchev–Trinajstić information content (AvgIpc) is 0.783. The van der Waals surface area contributed by atoms with Gasteiger partial charge in [0.25, 0.3) is 0 Å². The molecule has 2 unspecified atom stereocenters. The standard InChI is InChI=1S/2C25H18BrN3.C25H16BrN3.C11H7BrO.C7H8N2.ClH/c3*26-21-16-15-17-9-7-8-14-20(17)22(21)25-28-23(18-10-3-1-4-11-18)27-24(29-25)19-12-5-2-6-13-19;12-11-6-5-8-3-1-2-4-9(8)10(11)7-13;8-7(9)6-4-2-1-3-5-6;/h2*1-16,23H,(H,27,28,29);1-16H;1-7H;1-5H,(H3,8,9);1H. The van der Waals surface area contributed by atoms with E-state index in [-0.39, 0.29) is 30.6 Å². The van der Waals surface area contributed by atoms with Crippen LogP contribution in [0.15, 0.2) is 396 Å². The Labute approximate surface area is 677 Å². The number of fused-ring (bicyclic) bond motifs is 4. The van der Waals surface area contributed by atoms with Crippen molar-refractivity contribution in [1.29, 1.82) is 5.41 Å². The molecule has 2 aliphatic heterocycles. The second-order valence-corrected chi connectivity index (χ2v) is 28.4. The number of carbonyl (C=O) groups is 1. The van der Waals surface area contributed by atoms with E-state index < -0.39 is 0 Å². The second kappa shape index (κ2) is 36.7. The van der Waals surface area contributed by atoms with Crippen LogP contribution in [0.5, 0.6) is 0 Å². The lowest BCUT2D eigenvalue weighted by Crippen LogP contribution is -2.36. The number of aliphatic imine (C=N–C) groups is 4. The van der Waals surface area contributed by atoms with Gasteiger partial charge in [-0.05, 0) is 78.5 Å². The number of aldehydes is 1. The Hall–Kier alpha value is -12.0. The zero-order valence-corrected chi connectivity index (χ0v) is 66.0. The number of nitrogen functional groups attached to an aromatic ring is 1. The first-order chi connectivity index (χ1) is 53.5. The monoisotopic (exact) mass is 1710 g/mol. The van der Waals surface area contributed by atoms with Crippen LogP contribution in [0.25, 0.3) is 77.3 Å². The van der Waals surface area contributed by atoms with Crippen LogP contribution >= 0.6 is 76.1 Å². The van der Waals surface area contributed by atoms with Crippen molar-refractivity contribution in [3.63, 3.8) is 0 Å². The fourth-order valence-electron chi connectivity index (χ4n) is 12.6. The zero-order valence-electron chi connectivity index (χ0n) is 58.8. The van der Waals surface area contributed by atoms with Gasteiger partial charge in [0.15, 0.2) is 36.1 Å². The molecule has 0 bridgehead atoms. The molecule has 12 nitrogen and oxygen atoms in total. The van der Waals surface area contributed by atoms with Crippen LogP contribution in [-0.2, 0) is 0 Å². The Balaban J connectivity index is 0.000000127. The molecule has 0 amide bonds. The van der Waals surface area contributed by atoms with Crippen LogP contribution in [0, 0.1) is 5.41 Å². The quantitative estimate of drug-likeness (QED) is 0.0565. The van der Waals surface area contributed by atoms with Crippen molar-refractivity contribution in [3.8, 4) is 34.2 Å². The summed E-state index contributed by atoms with van der Waals surface area (Å²) in [6.45, 7) is 0. The molecule has 2 atom stereocenters. The Bertz CT molecular complexity index is 5790. The maximum absolute atomic E-state index is 10.8. The maximum atomic E-state index is 10.8. The lowest BCUT2D eigenvalue weighted by atomic mass is 10.0. The summed E-state index contributed by atoms with van der Waals surface area (Å²) >= 11 is 14.6. The minimum atomic E-state index is -0.298. The molecule has 110 heavy (non-hydrogen) atoms. The molecule has 0 spiro atoms. The van der Waals surface area contributed by atoms with Gasteiger partial charge in [0.05, 0.1) is 0 Å². The van der Waals surface area contributed by atoms with Gasteiger partial charge >= 0.3 is 0 Å². The number of nitrogens with one attached hydrogen (secondary N) is 3. The van der Waals surface area contributed by atoms with Crippen molar-refractivity contribution in [2.75, 3.05) is 0 Å². The molecule has 0 saturated carbocycles. The highest BCUT2D eigenvalue weighted by Gasteiger charge is 2.26. The highest BCUT2D eigenvalue weighted by molar-refractivity contribution is 9.11. The fraction of sp³-hybridized carbons (Fsp3) is 0.0215. The third kappa shape index (κ3) is 18.2. The SMILES string of the molecule is Brc1ccc2ccccc2c1-c1nc(-c2ccccc2)nc(-c2ccccc2)n1.Brc1ccc2ccccc2c1C1=NC(c2ccccc2)N=C(c2ccccc2)N1.Brc1ccc2ccccc2c1C1=NC(c2ccccc2)N=C(c2ccccc2)N1.Cl.N=C(N)c1ccccc1.O=Cc1c(Br)ccc2ccccc12. The molecule has 5 N–H and O–H groups in total. The van der Waals surface area contributed by atoms with Gasteiger partial charge in [-0.2, -0.15) is 0 Å². The number of carbonyl (C=O) groups excluding carboxylic acids is 1. The number of halogens is 5. The molecule has 0 aliphatic carbocycles. The van der Waals surface area contributed by atoms with E-state index in [9.17, 15) is 4.79 Å². The first-order valence-corrected chi connectivity index (χ1v) is 38.2. The number of aromatic nitrogens is 3. The van der Waals surface area contributed by atoms with Gasteiger partial charge in [-0.15, -0.1) is 12.4 Å². The predicted octanol–water partition coefficient (Wildman–Crippen LogP) is 23.8. The molecular formula is C93H68Br4ClN11O. The highest BCUT2D eigenvalue weighted by Crippen LogP contribution is 2.37. The van der Waals surface area contributed by atoms with Crippen LogP contribution in [0.4, 0.5) is 0 Å². The van der Waals surface area contributed by atoms with Crippen LogP contribution in [0.1, 0.15) is 61.6 Å². The molecule has 536 valence electrons. The van der Waals surface area contributed by atoms with E-state index in [0.717, 1.165) is 141 Å². The molecule has 17 heteroatoms. The Morgan fingerprint density at radius 2 is 0.591 bits per heavy atom. The van der Waals surface area contributed by atoms with Crippen LogP contribution in [0.3, 0.4) is 0 Å². The number of amidine groups is 5. The van der Waals surface area contributed by atoms with Crippen molar-refractivity contribution < 1.29 is 4.79 Å². The van der Waals surface area contributed by atoms with Crippen LogP contribution in [-0.4, -0.2) is 50.4 Å². The first-order valence-electron chi connectivity index (χ1n) is 35.0. The van der Waals surface area contributed by atoms with E-state index in [1.165, 1.54) is 10.8 Å².